The summed E-state index contributed by atoms with van der Waals surface area (Å²) in [6.07, 6.45) is 2.55. The number of hydrogen-bond acceptors (Lipinski definition) is 2. The molecule has 0 aliphatic rings. The normalized spacial score (nSPS) is 12.7. The second kappa shape index (κ2) is 7.28. The van der Waals surface area contributed by atoms with Gasteiger partial charge in [0.05, 0.1) is 23.5 Å². The van der Waals surface area contributed by atoms with E-state index < -0.39 is 11.9 Å². The Morgan fingerprint density at radius 2 is 1.69 bits per heavy atom. The number of hydrogen-bond donors (Lipinski definition) is 1. The zero-order valence-electron chi connectivity index (χ0n) is 16.9. The summed E-state index contributed by atoms with van der Waals surface area (Å²) in [6, 6.07) is 13.8. The molecule has 0 radical (unpaired) electrons. The van der Waals surface area contributed by atoms with Crippen molar-refractivity contribution in [3.63, 3.8) is 0 Å². The molecular formula is C23H25N3O3. The Hall–Kier alpha value is -3.28. The lowest BCUT2D eigenvalue weighted by Crippen LogP contribution is -2.29. The van der Waals surface area contributed by atoms with Crippen LogP contribution in [-0.2, 0) is 24.9 Å². The largest absolute Gasteiger partial charge is 0.481 e. The van der Waals surface area contributed by atoms with E-state index in [0.29, 0.717) is 13.0 Å². The van der Waals surface area contributed by atoms with Gasteiger partial charge < -0.3 is 9.67 Å². The van der Waals surface area contributed by atoms with Crippen LogP contribution in [0.3, 0.4) is 0 Å². The van der Waals surface area contributed by atoms with Gasteiger partial charge in [-0.15, -0.1) is 0 Å². The Morgan fingerprint density at radius 1 is 1.03 bits per heavy atom. The second-order valence-corrected chi connectivity index (χ2v) is 7.65. The van der Waals surface area contributed by atoms with Gasteiger partial charge in [0.15, 0.2) is 0 Å². The maximum atomic E-state index is 13.3. The van der Waals surface area contributed by atoms with Crippen LogP contribution in [0, 0.1) is 12.8 Å². The van der Waals surface area contributed by atoms with Crippen molar-refractivity contribution in [1.82, 2.24) is 13.7 Å². The Morgan fingerprint density at radius 3 is 2.34 bits per heavy atom. The lowest BCUT2D eigenvalue weighted by atomic mass is 10.1. The molecule has 150 valence electrons. The molecule has 4 aromatic rings. The zero-order chi connectivity index (χ0) is 20.7. The van der Waals surface area contributed by atoms with Gasteiger partial charge in [-0.05, 0) is 42.7 Å². The highest BCUT2D eigenvalue weighted by Crippen LogP contribution is 2.26. The summed E-state index contributed by atoms with van der Waals surface area (Å²) < 4.78 is 5.44. The third-order valence-electron chi connectivity index (χ3n) is 5.80. The van der Waals surface area contributed by atoms with Gasteiger partial charge in [-0.25, -0.2) is 4.79 Å². The molecule has 0 spiro atoms. The topological polar surface area (TPSA) is 69.2 Å². The predicted octanol–water partition coefficient (Wildman–Crippen LogP) is 3.76. The molecule has 2 aromatic heterocycles. The molecule has 6 heteroatoms. The maximum absolute atomic E-state index is 13.3. The van der Waals surface area contributed by atoms with E-state index in [4.69, 9.17) is 0 Å². The van der Waals surface area contributed by atoms with E-state index in [-0.39, 0.29) is 12.2 Å². The van der Waals surface area contributed by atoms with Gasteiger partial charge >= 0.3 is 11.7 Å². The van der Waals surface area contributed by atoms with Crippen LogP contribution < -0.4 is 5.69 Å². The summed E-state index contributed by atoms with van der Waals surface area (Å²) in [7, 11) is 2.01. The average Bonchev–Trinajstić information content (AvgIpc) is 3.16. The lowest BCUT2D eigenvalue weighted by molar-refractivity contribution is -0.142. The first-order chi connectivity index (χ1) is 13.9. The molecule has 0 saturated carbocycles. The van der Waals surface area contributed by atoms with Crippen LogP contribution in [0.4, 0.5) is 0 Å². The van der Waals surface area contributed by atoms with Crippen molar-refractivity contribution in [1.29, 1.82) is 0 Å². The first-order valence-corrected chi connectivity index (χ1v) is 9.86. The van der Waals surface area contributed by atoms with Crippen LogP contribution >= 0.6 is 0 Å². The molecule has 1 unspecified atom stereocenters. The number of fused-ring (bicyclic) bond motifs is 2. The van der Waals surface area contributed by atoms with Gasteiger partial charge in [0.1, 0.15) is 0 Å². The number of rotatable bonds is 6. The Bertz CT molecular complexity index is 1280. The fraction of sp³-hybridized carbons (Fsp3) is 0.304. The monoisotopic (exact) mass is 391 g/mol. The standard InChI is InChI=1S/C23H25N3O3/c1-4-16(22(27)28)13-25-18-9-5-6-10-19(18)26(23(25)29)14-17-12-24(3)20-11-7-8-15(2)21(17)20/h5-12,16H,4,13-14H2,1-3H3,(H,27,28). The maximum Gasteiger partial charge on any atom is 0.329 e. The molecule has 1 atom stereocenters. The minimum atomic E-state index is -0.874. The first kappa shape index (κ1) is 19.1. The molecule has 2 aromatic carbocycles. The van der Waals surface area contributed by atoms with E-state index in [0.717, 1.165) is 27.5 Å². The van der Waals surface area contributed by atoms with Crippen LogP contribution in [0.25, 0.3) is 21.9 Å². The van der Waals surface area contributed by atoms with Crippen molar-refractivity contribution in [3.05, 3.63) is 70.3 Å². The quantitative estimate of drug-likeness (QED) is 0.544. The number of para-hydroxylation sites is 2. The lowest BCUT2D eigenvalue weighted by Gasteiger charge is -2.10. The number of aryl methyl sites for hydroxylation is 2. The number of carboxylic acid groups (broad SMARTS) is 1. The van der Waals surface area contributed by atoms with Gasteiger partial charge in [0.25, 0.3) is 0 Å². The van der Waals surface area contributed by atoms with Gasteiger partial charge in [0.2, 0.25) is 0 Å². The van der Waals surface area contributed by atoms with E-state index in [1.807, 2.05) is 44.3 Å². The first-order valence-electron chi connectivity index (χ1n) is 9.86. The highest BCUT2D eigenvalue weighted by atomic mass is 16.4. The van der Waals surface area contributed by atoms with E-state index in [9.17, 15) is 14.7 Å². The molecular weight excluding hydrogens is 366 g/mol. The van der Waals surface area contributed by atoms with Crippen molar-refractivity contribution in [2.45, 2.75) is 33.4 Å². The summed E-state index contributed by atoms with van der Waals surface area (Å²) in [5, 5.41) is 10.6. The zero-order valence-corrected chi connectivity index (χ0v) is 16.9. The summed E-state index contributed by atoms with van der Waals surface area (Å²) >= 11 is 0. The Kier molecular flexibility index (Phi) is 4.78. The molecule has 0 saturated heterocycles. The number of carboxylic acids is 1. The van der Waals surface area contributed by atoms with Crippen LogP contribution in [-0.4, -0.2) is 24.8 Å². The third-order valence-corrected chi connectivity index (χ3v) is 5.80. The molecule has 2 heterocycles. The van der Waals surface area contributed by atoms with Gasteiger partial charge in [-0.2, -0.15) is 0 Å². The van der Waals surface area contributed by atoms with Crippen molar-refractivity contribution in [2.24, 2.45) is 13.0 Å². The third kappa shape index (κ3) is 3.14. The van der Waals surface area contributed by atoms with E-state index in [2.05, 4.69) is 29.8 Å². The molecule has 6 nitrogen and oxygen atoms in total. The van der Waals surface area contributed by atoms with Crippen molar-refractivity contribution in [3.8, 4) is 0 Å². The fourth-order valence-electron chi connectivity index (χ4n) is 4.23. The van der Waals surface area contributed by atoms with Crippen molar-refractivity contribution in [2.75, 3.05) is 0 Å². The van der Waals surface area contributed by atoms with Gasteiger partial charge in [-0.3, -0.25) is 13.9 Å². The number of benzene rings is 2. The van der Waals surface area contributed by atoms with E-state index in [1.54, 1.807) is 9.13 Å². The second-order valence-electron chi connectivity index (χ2n) is 7.65. The number of nitrogens with zero attached hydrogens (tertiary/aromatic N) is 3. The molecule has 0 bridgehead atoms. The van der Waals surface area contributed by atoms with Crippen LogP contribution in [0.15, 0.2) is 53.5 Å². The van der Waals surface area contributed by atoms with Crippen LogP contribution in [0.1, 0.15) is 24.5 Å². The molecule has 1 N–H and O–H groups in total. The predicted molar refractivity (Wildman–Crippen MR) is 114 cm³/mol. The molecule has 0 fully saturated rings. The summed E-state index contributed by atoms with van der Waals surface area (Å²) in [5.41, 5.74) is 4.81. The number of aliphatic carboxylic acids is 1. The SMILES string of the molecule is CCC(Cn1c(=O)n(Cc2cn(C)c3cccc(C)c23)c2ccccc21)C(=O)O. The fourth-order valence-corrected chi connectivity index (χ4v) is 4.23. The summed E-state index contributed by atoms with van der Waals surface area (Å²) in [4.78, 5) is 24.9. The summed E-state index contributed by atoms with van der Waals surface area (Å²) in [6.45, 7) is 4.53. The molecule has 0 amide bonds. The Labute approximate surface area is 168 Å². The van der Waals surface area contributed by atoms with Crippen LogP contribution in [0.5, 0.6) is 0 Å². The van der Waals surface area contributed by atoms with E-state index >= 15 is 0 Å². The summed E-state index contributed by atoms with van der Waals surface area (Å²) in [5.74, 6) is -1.47. The van der Waals surface area contributed by atoms with E-state index in [1.165, 1.54) is 5.56 Å². The number of imidazole rings is 1. The highest BCUT2D eigenvalue weighted by molar-refractivity contribution is 5.87. The Balaban J connectivity index is 1.87. The molecule has 0 aliphatic carbocycles. The minimum Gasteiger partial charge on any atom is -0.481 e. The molecule has 4 rings (SSSR count). The average molecular weight is 391 g/mol. The highest BCUT2D eigenvalue weighted by Gasteiger charge is 2.21. The van der Waals surface area contributed by atoms with Crippen molar-refractivity contribution < 1.29 is 9.90 Å². The van der Waals surface area contributed by atoms with Gasteiger partial charge in [-0.1, -0.05) is 31.2 Å². The number of aromatic nitrogens is 3. The van der Waals surface area contributed by atoms with Crippen LogP contribution in [0.2, 0.25) is 0 Å². The number of carbonyl (C=O) groups is 1. The molecule has 0 aliphatic heterocycles. The van der Waals surface area contributed by atoms with Crippen molar-refractivity contribution >= 4 is 27.9 Å². The molecule has 29 heavy (non-hydrogen) atoms. The minimum absolute atomic E-state index is 0.170. The van der Waals surface area contributed by atoms with Gasteiger partial charge in [0, 0.05) is 30.7 Å². The smallest absolute Gasteiger partial charge is 0.329 e.